The molecule has 0 radical (unpaired) electrons. The maximum absolute atomic E-state index is 13.2. The second-order valence-electron chi connectivity index (χ2n) is 10.0. The van der Waals surface area contributed by atoms with Crippen LogP contribution in [0.4, 0.5) is 0 Å². The van der Waals surface area contributed by atoms with E-state index in [0.717, 1.165) is 41.0 Å². The molecule has 1 saturated carbocycles. The highest BCUT2D eigenvalue weighted by molar-refractivity contribution is 5.76. The number of fused-ring (bicyclic) bond motifs is 1. The molecule has 0 N–H and O–H groups in total. The zero-order valence-electron chi connectivity index (χ0n) is 20.6. The van der Waals surface area contributed by atoms with Gasteiger partial charge in [-0.2, -0.15) is 0 Å². The molecular weight excluding hydrogens is 412 g/mol. The molecule has 5 nitrogen and oxygen atoms in total. The maximum Gasteiger partial charge on any atom is 0.348 e. The molecule has 176 valence electrons. The fraction of sp³-hybridized carbons (Fsp3) is 0.500. The van der Waals surface area contributed by atoms with E-state index in [0.29, 0.717) is 24.4 Å². The number of para-hydroxylation sites is 2. The van der Waals surface area contributed by atoms with Crippen molar-refractivity contribution >= 4 is 17.0 Å². The standard InChI is InChI=1S/C28H37N2O3/c1-19(2)23-14-13-21(4)16-26(23)33-28(31)17-30-25-12-7-6-11-24(25)29(5)27(30)18-32-22-10-8-9-20(3)15-22/h6-12,15,19,21,23,26H,13-14,16-18H2,1-5H3/q+1/t21-,23-,26-/m1/s1. The summed E-state index contributed by atoms with van der Waals surface area (Å²) in [4.78, 5) is 13.2. The predicted molar refractivity (Wildman–Crippen MR) is 130 cm³/mol. The van der Waals surface area contributed by atoms with Gasteiger partial charge in [-0.3, -0.25) is 0 Å². The van der Waals surface area contributed by atoms with Gasteiger partial charge in [-0.1, -0.05) is 51.5 Å². The highest BCUT2D eigenvalue weighted by Crippen LogP contribution is 2.35. The van der Waals surface area contributed by atoms with Gasteiger partial charge in [0.15, 0.2) is 24.2 Å². The molecule has 1 fully saturated rings. The lowest BCUT2D eigenvalue weighted by atomic mass is 9.75. The minimum absolute atomic E-state index is 0.00354. The van der Waals surface area contributed by atoms with Gasteiger partial charge >= 0.3 is 5.97 Å². The van der Waals surface area contributed by atoms with Gasteiger partial charge in [0.25, 0.3) is 5.82 Å². The second kappa shape index (κ2) is 9.98. The summed E-state index contributed by atoms with van der Waals surface area (Å²) in [7, 11) is 2.02. The van der Waals surface area contributed by atoms with Crippen LogP contribution in [0.5, 0.6) is 5.75 Å². The van der Waals surface area contributed by atoms with E-state index in [1.807, 2.05) is 41.9 Å². The van der Waals surface area contributed by atoms with Gasteiger partial charge in [-0.15, -0.1) is 0 Å². The van der Waals surface area contributed by atoms with E-state index in [1.165, 1.54) is 6.42 Å². The van der Waals surface area contributed by atoms with Crippen molar-refractivity contribution in [1.82, 2.24) is 4.57 Å². The summed E-state index contributed by atoms with van der Waals surface area (Å²) in [6.07, 6.45) is 3.31. The molecule has 1 aromatic heterocycles. The number of hydrogen-bond donors (Lipinski definition) is 0. The number of imidazole rings is 1. The number of carbonyl (C=O) groups excluding carboxylic acids is 1. The van der Waals surface area contributed by atoms with E-state index in [1.54, 1.807) is 0 Å². The first-order chi connectivity index (χ1) is 15.8. The Labute approximate surface area is 197 Å². The first-order valence-corrected chi connectivity index (χ1v) is 12.2. The minimum atomic E-state index is -0.169. The number of ether oxygens (including phenoxy) is 2. The SMILES string of the molecule is Cc1cccc(OCc2n(CC(=O)O[C@@H]3C[C@H](C)CC[C@@H]3C(C)C)c3ccccc3[n+]2C)c1. The highest BCUT2D eigenvalue weighted by Gasteiger charge is 2.34. The van der Waals surface area contributed by atoms with Gasteiger partial charge in [-0.05, 0) is 67.3 Å². The number of esters is 1. The summed E-state index contributed by atoms with van der Waals surface area (Å²) in [6, 6.07) is 16.2. The molecule has 1 heterocycles. The Morgan fingerprint density at radius 3 is 2.70 bits per heavy atom. The lowest BCUT2D eigenvalue weighted by molar-refractivity contribution is -0.655. The monoisotopic (exact) mass is 449 g/mol. The van der Waals surface area contributed by atoms with Gasteiger partial charge in [0.05, 0.1) is 7.05 Å². The van der Waals surface area contributed by atoms with Crippen LogP contribution in [0, 0.1) is 24.7 Å². The molecule has 5 heteroatoms. The summed E-state index contributed by atoms with van der Waals surface area (Å²) in [5.41, 5.74) is 3.24. The van der Waals surface area contributed by atoms with Crippen molar-refractivity contribution in [2.75, 3.05) is 0 Å². The quantitative estimate of drug-likeness (QED) is 0.360. The first-order valence-electron chi connectivity index (χ1n) is 12.2. The van der Waals surface area contributed by atoms with Gasteiger partial charge in [0, 0.05) is 0 Å². The molecule has 0 aliphatic heterocycles. The number of aryl methyl sites for hydroxylation is 2. The topological polar surface area (TPSA) is 44.3 Å². The summed E-state index contributed by atoms with van der Waals surface area (Å²) in [5, 5.41) is 0. The van der Waals surface area contributed by atoms with Crippen molar-refractivity contribution in [3.63, 3.8) is 0 Å². The average molecular weight is 450 g/mol. The molecule has 3 aromatic rings. The molecule has 1 aliphatic rings. The summed E-state index contributed by atoms with van der Waals surface area (Å²) in [6.45, 7) is 9.35. The van der Waals surface area contributed by atoms with Crippen LogP contribution in [0.15, 0.2) is 48.5 Å². The van der Waals surface area contributed by atoms with Gasteiger partial charge in [0.1, 0.15) is 11.9 Å². The Morgan fingerprint density at radius 1 is 1.15 bits per heavy atom. The Bertz CT molecular complexity index is 1120. The normalized spacial score (nSPS) is 20.8. The van der Waals surface area contributed by atoms with Crippen molar-refractivity contribution in [2.24, 2.45) is 24.8 Å². The zero-order valence-corrected chi connectivity index (χ0v) is 20.6. The van der Waals surface area contributed by atoms with Crippen molar-refractivity contribution in [3.05, 3.63) is 59.9 Å². The zero-order chi connectivity index (χ0) is 23.5. The van der Waals surface area contributed by atoms with Crippen LogP contribution in [0.2, 0.25) is 0 Å². The Balaban J connectivity index is 1.57. The predicted octanol–water partition coefficient (Wildman–Crippen LogP) is 5.36. The fourth-order valence-corrected chi connectivity index (χ4v) is 5.22. The van der Waals surface area contributed by atoms with Crippen LogP contribution in [-0.2, 0) is 29.7 Å². The third-order valence-corrected chi connectivity index (χ3v) is 7.12. The van der Waals surface area contributed by atoms with Crippen molar-refractivity contribution in [1.29, 1.82) is 0 Å². The molecule has 0 spiro atoms. The van der Waals surface area contributed by atoms with E-state index < -0.39 is 0 Å². The number of carbonyl (C=O) groups is 1. The fourth-order valence-electron chi connectivity index (χ4n) is 5.22. The number of aromatic nitrogens is 2. The highest BCUT2D eigenvalue weighted by atomic mass is 16.5. The van der Waals surface area contributed by atoms with E-state index in [-0.39, 0.29) is 18.6 Å². The molecular formula is C28H37N2O3+. The van der Waals surface area contributed by atoms with Crippen LogP contribution in [0.3, 0.4) is 0 Å². The summed E-state index contributed by atoms with van der Waals surface area (Å²) >= 11 is 0. The molecule has 0 unspecified atom stereocenters. The molecule has 0 bridgehead atoms. The molecule has 0 amide bonds. The number of rotatable bonds is 7. The van der Waals surface area contributed by atoms with Crippen LogP contribution < -0.4 is 9.30 Å². The smallest absolute Gasteiger partial charge is 0.348 e. The Kier molecular flexibility index (Phi) is 7.06. The van der Waals surface area contributed by atoms with E-state index >= 15 is 0 Å². The number of nitrogens with zero attached hydrogens (tertiary/aromatic N) is 2. The summed E-state index contributed by atoms with van der Waals surface area (Å²) in [5.74, 6) is 3.14. The van der Waals surface area contributed by atoms with Crippen molar-refractivity contribution in [3.8, 4) is 5.75 Å². The average Bonchev–Trinajstić information content (AvgIpc) is 3.03. The number of hydrogen-bond acceptors (Lipinski definition) is 3. The lowest BCUT2D eigenvalue weighted by Gasteiger charge is -2.36. The van der Waals surface area contributed by atoms with Crippen molar-refractivity contribution in [2.45, 2.75) is 66.2 Å². The molecule has 4 rings (SSSR count). The van der Waals surface area contributed by atoms with Crippen molar-refractivity contribution < 1.29 is 18.8 Å². The lowest BCUT2D eigenvalue weighted by Crippen LogP contribution is -2.37. The third kappa shape index (κ3) is 5.23. The largest absolute Gasteiger partial charge is 0.481 e. The van der Waals surface area contributed by atoms with Gasteiger partial charge < -0.3 is 9.47 Å². The van der Waals surface area contributed by atoms with Crippen LogP contribution in [0.1, 0.15) is 51.4 Å². The Hall–Kier alpha value is -2.82. The Morgan fingerprint density at radius 2 is 1.94 bits per heavy atom. The van der Waals surface area contributed by atoms with E-state index in [4.69, 9.17) is 9.47 Å². The third-order valence-electron chi connectivity index (χ3n) is 7.12. The molecule has 0 saturated heterocycles. The summed E-state index contributed by atoms with van der Waals surface area (Å²) < 4.78 is 16.4. The van der Waals surface area contributed by atoms with E-state index in [9.17, 15) is 4.79 Å². The van der Waals surface area contributed by atoms with Crippen LogP contribution >= 0.6 is 0 Å². The van der Waals surface area contributed by atoms with Gasteiger partial charge in [-0.25, -0.2) is 13.9 Å². The number of benzene rings is 2. The first kappa shape index (κ1) is 23.3. The van der Waals surface area contributed by atoms with Crippen LogP contribution in [0.25, 0.3) is 11.0 Å². The molecule has 3 atom stereocenters. The molecule has 33 heavy (non-hydrogen) atoms. The van der Waals surface area contributed by atoms with E-state index in [2.05, 4.69) is 50.5 Å². The van der Waals surface area contributed by atoms with Gasteiger partial charge in [0.2, 0.25) is 0 Å². The molecule has 1 aliphatic carbocycles. The molecule has 2 aromatic carbocycles. The minimum Gasteiger partial charge on any atom is -0.481 e. The maximum atomic E-state index is 13.2. The second-order valence-corrected chi connectivity index (χ2v) is 10.0. The van der Waals surface area contributed by atoms with Crippen LogP contribution in [-0.4, -0.2) is 16.6 Å².